The summed E-state index contributed by atoms with van der Waals surface area (Å²) in [5, 5.41) is 53.0. The van der Waals surface area contributed by atoms with Crippen molar-refractivity contribution < 1.29 is 136 Å². The van der Waals surface area contributed by atoms with Gasteiger partial charge in [0.05, 0.1) is 28.0 Å². The Labute approximate surface area is 358 Å². The van der Waals surface area contributed by atoms with Crippen molar-refractivity contribution in [2.75, 3.05) is 21.3 Å². The van der Waals surface area contributed by atoms with Gasteiger partial charge >= 0.3 is 88.7 Å². The monoisotopic (exact) mass is 765 g/mol. The van der Waals surface area contributed by atoms with Gasteiger partial charge in [-0.1, -0.05) is 18.9 Å². The Balaban J connectivity index is 0.00000417. The molecule has 25 heteroatoms. The summed E-state index contributed by atoms with van der Waals surface area (Å²) in [6.45, 7) is 0. The van der Waals surface area contributed by atoms with Crippen LogP contribution in [-0.4, -0.2) is 33.0 Å². The fraction of sp³-hybridized carbons (Fsp3) is 0. The van der Waals surface area contributed by atoms with Crippen molar-refractivity contribution >= 4 is 85.6 Å². The van der Waals surface area contributed by atoms with E-state index in [1.165, 1.54) is 24.3 Å². The van der Waals surface area contributed by atoms with E-state index < -0.39 is 15.0 Å². The third kappa shape index (κ3) is 12.4. The molecule has 240 valence electrons. The number of anilines is 5. The second-order valence-corrected chi connectivity index (χ2v) is 10.8. The quantitative estimate of drug-likeness (QED) is 0.00996. The molecule has 0 radical (unpaired) electrons. The Hall–Kier alpha value is -2.42. The number of nitrogen functional groups attached to an aromatic ring is 1. The van der Waals surface area contributed by atoms with E-state index in [0.717, 1.165) is 17.0 Å². The Morgan fingerprint density at radius 3 is 2.32 bits per heavy atom. The zero-order chi connectivity index (χ0) is 34.0. The zero-order valence-corrected chi connectivity index (χ0v) is 34.3. The Morgan fingerprint density at radius 1 is 0.960 bits per heavy atom. The number of benzene rings is 3. The van der Waals surface area contributed by atoms with E-state index in [4.69, 9.17) is 18.6 Å². The number of hydrogen-bond acceptors (Lipinski definition) is 21. The maximum absolute atomic E-state index is 12.2. The third-order valence-electron chi connectivity index (χ3n) is 5.39. The number of rotatable bonds is 12. The normalized spacial score (nSPS) is 10.3. The molecule has 19 nitrogen and oxygen atoms in total. The summed E-state index contributed by atoms with van der Waals surface area (Å²) in [4.78, 5) is 12.5. The first-order valence-electron chi connectivity index (χ1n) is 11.9. The topological polar surface area (TPSA) is 277 Å². The van der Waals surface area contributed by atoms with E-state index in [0.29, 0.717) is 34.4 Å². The molecular formula is C25H14N9Na3O10S3. The molecule has 4 rings (SSSR count). The van der Waals surface area contributed by atoms with Crippen LogP contribution in [0.15, 0.2) is 62.5 Å². The van der Waals surface area contributed by atoms with Crippen LogP contribution in [0.3, 0.4) is 0 Å². The number of nitrogens with zero attached hydrogens (tertiary/aromatic N) is 6. The minimum Gasteiger partial charge on any atom is -0.744 e. The molecule has 1 heterocycles. The molecular weight excluding hydrogens is 751 g/mol. The number of phenolic OH excluding ortho intramolecular Hbond substituents is 1. The summed E-state index contributed by atoms with van der Waals surface area (Å²) in [6.07, 6.45) is 10.8. The molecule has 0 spiro atoms. The number of azo groups is 1. The van der Waals surface area contributed by atoms with E-state index >= 15 is 0 Å². The number of aromatic nitrogens is 3. The standard InChI is InChI=1S/C25H17N9O10S3.3Na/c1-3-34(4-2)25-30-23(27-9-10-45-43-41-36)29-24(31-25)28-15-6-8-18(20(12-15)47(38,39)40)32-33-22-17(26)7-5-14-11-16(46-44-42-37)13-19(35)21(14)22;;;/h1-2,5-8,11-13,35-37H,26H2,(H,38,39,40)(H2,27,28,29,30,31);;;/q;3*+1/p-3. The van der Waals surface area contributed by atoms with Crippen LogP contribution in [0.1, 0.15) is 0 Å². The van der Waals surface area contributed by atoms with E-state index in [1.54, 1.807) is 6.07 Å². The molecule has 0 fully saturated rings. The van der Waals surface area contributed by atoms with Crippen LogP contribution in [0.2, 0.25) is 0 Å². The van der Waals surface area contributed by atoms with Gasteiger partial charge in [0.25, 0.3) is 5.95 Å². The number of nitrogens with one attached hydrogen (secondary N) is 2. The van der Waals surface area contributed by atoms with Crippen molar-refractivity contribution in [3.63, 3.8) is 0 Å². The minimum absolute atomic E-state index is 0. The molecule has 4 aromatic rings. The van der Waals surface area contributed by atoms with Gasteiger partial charge in [-0.15, -0.1) is 10.2 Å². The fourth-order valence-electron chi connectivity index (χ4n) is 3.59. The molecule has 0 bridgehead atoms. The van der Waals surface area contributed by atoms with Crippen molar-refractivity contribution in [2.45, 2.75) is 9.79 Å². The Kier molecular flexibility index (Phi) is 19.9. The predicted octanol–water partition coefficient (Wildman–Crippen LogP) is -7.19. The Bertz CT molecular complexity index is 2100. The van der Waals surface area contributed by atoms with Crippen molar-refractivity contribution in [3.05, 3.63) is 42.5 Å². The van der Waals surface area contributed by atoms with Crippen LogP contribution in [0.4, 0.5) is 40.6 Å². The van der Waals surface area contributed by atoms with Crippen LogP contribution < -0.4 is 120 Å². The molecule has 1 aromatic heterocycles. The number of phenols is 1. The predicted molar refractivity (Wildman–Crippen MR) is 161 cm³/mol. The van der Waals surface area contributed by atoms with Gasteiger partial charge in [0.2, 0.25) is 11.9 Å². The summed E-state index contributed by atoms with van der Waals surface area (Å²) in [5.41, 5.74) is 5.68. The van der Waals surface area contributed by atoms with Crippen LogP contribution in [0.25, 0.3) is 10.8 Å². The van der Waals surface area contributed by atoms with Crippen molar-refractivity contribution in [1.82, 2.24) is 15.0 Å². The number of nitrogens with two attached hydrogens (primary N) is 1. The molecule has 50 heavy (non-hydrogen) atoms. The molecule has 3 aromatic carbocycles. The van der Waals surface area contributed by atoms with Gasteiger partial charge in [-0.3, -0.25) is 15.4 Å². The molecule has 0 saturated heterocycles. The first-order chi connectivity index (χ1) is 22.6. The summed E-state index contributed by atoms with van der Waals surface area (Å²) in [6, 6.07) is 15.8. The zero-order valence-electron chi connectivity index (χ0n) is 25.8. The van der Waals surface area contributed by atoms with Crippen LogP contribution >= 0.6 is 24.1 Å². The van der Waals surface area contributed by atoms with Crippen molar-refractivity contribution in [3.8, 4) is 42.0 Å². The summed E-state index contributed by atoms with van der Waals surface area (Å²) < 4.78 is 45.0. The summed E-state index contributed by atoms with van der Waals surface area (Å²) in [5.74, 6) is -0.975. The number of fused-ring (bicyclic) bond motifs is 1. The fourth-order valence-corrected chi connectivity index (χ4v) is 4.83. The number of terminal acetylenes is 2. The molecule has 0 aliphatic heterocycles. The third-order valence-corrected chi connectivity index (χ3v) is 7.11. The average Bonchev–Trinajstić information content (AvgIpc) is 3.04. The summed E-state index contributed by atoms with van der Waals surface area (Å²) in [7, 11) is -5.16. The van der Waals surface area contributed by atoms with Gasteiger partial charge in [0.15, 0.2) is 0 Å². The van der Waals surface area contributed by atoms with Gasteiger partial charge in [0.1, 0.15) is 39.3 Å². The van der Waals surface area contributed by atoms with E-state index in [-0.39, 0.29) is 140 Å². The Morgan fingerprint density at radius 2 is 1.66 bits per heavy atom. The van der Waals surface area contributed by atoms with Crippen molar-refractivity contribution in [1.29, 1.82) is 0 Å². The maximum atomic E-state index is 12.2. The second kappa shape index (κ2) is 21.8. The number of hydrogen-bond donors (Lipinski definition) is 4. The SMILES string of the molecule is C#CN(C#C)c1nc(NC#CSOO[O-])nc(Nc2ccc(N=Nc3c(N)ccc4cc(SOO[O-])cc(O)c34)c(S(=O)(=O)[O-])c2)n1.[Na+].[Na+].[Na+]. The second-order valence-electron chi connectivity index (χ2n) is 8.17. The van der Waals surface area contributed by atoms with Crippen LogP contribution in [0.5, 0.6) is 5.75 Å². The molecule has 0 atom stereocenters. The van der Waals surface area contributed by atoms with Gasteiger partial charge in [-0.2, -0.15) is 28.5 Å². The molecule has 0 unspecified atom stereocenters. The average molecular weight is 766 g/mol. The first-order valence-corrected chi connectivity index (χ1v) is 14.8. The van der Waals surface area contributed by atoms with E-state index in [2.05, 4.69) is 77.9 Å². The van der Waals surface area contributed by atoms with Crippen LogP contribution in [-0.2, 0) is 28.9 Å². The van der Waals surface area contributed by atoms with Crippen LogP contribution in [0, 0.1) is 36.2 Å². The van der Waals surface area contributed by atoms with Gasteiger partial charge < -0.3 is 31.2 Å². The van der Waals surface area contributed by atoms with E-state index in [1.807, 2.05) is 0 Å². The van der Waals surface area contributed by atoms with Gasteiger partial charge in [-0.25, -0.2) is 8.42 Å². The molecule has 5 N–H and O–H groups in total. The largest absolute Gasteiger partial charge is 1.00 e. The van der Waals surface area contributed by atoms with Gasteiger partial charge in [-0.05, 0) is 41.8 Å². The van der Waals surface area contributed by atoms with Crippen molar-refractivity contribution in [2.24, 2.45) is 10.2 Å². The van der Waals surface area contributed by atoms with E-state index in [9.17, 15) is 28.6 Å². The smallest absolute Gasteiger partial charge is 0.744 e. The minimum atomic E-state index is -5.16. The maximum Gasteiger partial charge on any atom is 1.00 e. The molecule has 0 amide bonds. The van der Waals surface area contributed by atoms with Gasteiger partial charge in [0, 0.05) is 34.0 Å². The molecule has 0 aliphatic rings. The molecule has 0 aliphatic carbocycles. The first kappa shape index (κ1) is 45.6. The number of aromatic hydroxyl groups is 1. The molecule has 0 saturated carbocycles. The summed E-state index contributed by atoms with van der Waals surface area (Å²) >= 11 is 0.889.